The van der Waals surface area contributed by atoms with E-state index in [4.69, 9.17) is 11.6 Å². The van der Waals surface area contributed by atoms with Crippen molar-refractivity contribution in [1.29, 1.82) is 0 Å². The van der Waals surface area contributed by atoms with Gasteiger partial charge >= 0.3 is 5.69 Å². The molecule has 132 valence electrons. The first-order valence-corrected chi connectivity index (χ1v) is 8.08. The molecular formula is C17H15ClN6O2. The number of benzene rings is 1. The third kappa shape index (κ3) is 4.22. The van der Waals surface area contributed by atoms with Crippen LogP contribution in [0.5, 0.6) is 0 Å². The number of aryl methyl sites for hydroxylation is 1. The van der Waals surface area contributed by atoms with E-state index in [1.165, 1.54) is 6.33 Å². The molecule has 3 rings (SSSR count). The highest BCUT2D eigenvalue weighted by Gasteiger charge is 2.23. The normalized spacial score (nSPS) is 10.4. The lowest BCUT2D eigenvalue weighted by molar-refractivity contribution is -0.383. The lowest BCUT2D eigenvalue weighted by Gasteiger charge is -2.10. The van der Waals surface area contributed by atoms with E-state index in [1.54, 1.807) is 24.4 Å². The Morgan fingerprint density at radius 2 is 1.81 bits per heavy atom. The predicted octanol–water partition coefficient (Wildman–Crippen LogP) is 4.10. The summed E-state index contributed by atoms with van der Waals surface area (Å²) in [5.41, 5.74) is 1.65. The first kappa shape index (κ1) is 17.6. The molecule has 0 saturated carbocycles. The second-order valence-electron chi connectivity index (χ2n) is 5.50. The summed E-state index contributed by atoms with van der Waals surface area (Å²) in [6.45, 7) is 2.26. The molecular weight excluding hydrogens is 356 g/mol. The van der Waals surface area contributed by atoms with Gasteiger partial charge in [0.2, 0.25) is 11.6 Å². The Morgan fingerprint density at radius 3 is 2.46 bits per heavy atom. The summed E-state index contributed by atoms with van der Waals surface area (Å²) in [6, 6.07) is 10.7. The fourth-order valence-electron chi connectivity index (χ4n) is 2.22. The van der Waals surface area contributed by atoms with Crippen LogP contribution in [0, 0.1) is 17.0 Å². The number of nitro groups is 1. The van der Waals surface area contributed by atoms with E-state index in [-0.39, 0.29) is 17.3 Å². The molecule has 9 heteroatoms. The number of pyridine rings is 1. The van der Waals surface area contributed by atoms with Gasteiger partial charge in [-0.1, -0.05) is 29.8 Å². The first-order valence-electron chi connectivity index (χ1n) is 7.70. The van der Waals surface area contributed by atoms with Gasteiger partial charge in [0.05, 0.1) is 4.92 Å². The minimum Gasteiger partial charge on any atom is -0.360 e. The minimum absolute atomic E-state index is 0.0694. The maximum atomic E-state index is 11.6. The van der Waals surface area contributed by atoms with Crippen molar-refractivity contribution in [3.63, 3.8) is 0 Å². The molecule has 8 nitrogen and oxygen atoms in total. The molecule has 2 heterocycles. The van der Waals surface area contributed by atoms with E-state index in [9.17, 15) is 10.1 Å². The van der Waals surface area contributed by atoms with E-state index in [0.717, 1.165) is 11.1 Å². The molecule has 26 heavy (non-hydrogen) atoms. The molecule has 0 aliphatic carbocycles. The molecule has 0 fully saturated rings. The highest BCUT2D eigenvalue weighted by Crippen LogP contribution is 2.31. The molecule has 2 aromatic heterocycles. The molecule has 0 bridgehead atoms. The molecule has 2 N–H and O–H groups in total. The summed E-state index contributed by atoms with van der Waals surface area (Å²) in [6.07, 6.45) is 2.92. The largest absolute Gasteiger partial charge is 0.360 e. The second-order valence-corrected chi connectivity index (χ2v) is 5.94. The van der Waals surface area contributed by atoms with Gasteiger partial charge in [0.25, 0.3) is 0 Å². The molecule has 0 radical (unpaired) electrons. The molecule has 0 saturated heterocycles. The van der Waals surface area contributed by atoms with Gasteiger partial charge < -0.3 is 10.6 Å². The number of hydrogen-bond donors (Lipinski definition) is 2. The molecule has 0 aliphatic heterocycles. The molecule has 3 aromatic rings. The van der Waals surface area contributed by atoms with Gasteiger partial charge in [-0.3, -0.25) is 10.1 Å². The zero-order valence-electron chi connectivity index (χ0n) is 13.8. The van der Waals surface area contributed by atoms with Gasteiger partial charge in [0.1, 0.15) is 12.1 Å². The Morgan fingerprint density at radius 1 is 1.08 bits per heavy atom. The van der Waals surface area contributed by atoms with E-state index in [1.807, 2.05) is 25.1 Å². The Balaban J connectivity index is 1.84. The Labute approximate surface area is 154 Å². The Bertz CT molecular complexity index is 916. The van der Waals surface area contributed by atoms with Crippen molar-refractivity contribution in [2.75, 3.05) is 10.6 Å². The van der Waals surface area contributed by atoms with Crippen LogP contribution in [-0.4, -0.2) is 19.9 Å². The van der Waals surface area contributed by atoms with Crippen molar-refractivity contribution in [2.24, 2.45) is 0 Å². The average Bonchev–Trinajstić information content (AvgIpc) is 2.63. The lowest BCUT2D eigenvalue weighted by Crippen LogP contribution is -2.08. The third-order valence-electron chi connectivity index (χ3n) is 3.54. The van der Waals surface area contributed by atoms with Crippen molar-refractivity contribution >= 4 is 34.7 Å². The van der Waals surface area contributed by atoms with Crippen LogP contribution in [0.25, 0.3) is 0 Å². The fraction of sp³-hybridized carbons (Fsp3) is 0.118. The van der Waals surface area contributed by atoms with Crippen LogP contribution in [-0.2, 0) is 6.54 Å². The summed E-state index contributed by atoms with van der Waals surface area (Å²) in [5.74, 6) is 0.649. The van der Waals surface area contributed by atoms with E-state index in [2.05, 4.69) is 25.6 Å². The number of anilines is 3. The fourth-order valence-corrected chi connectivity index (χ4v) is 2.35. The van der Waals surface area contributed by atoms with Crippen LogP contribution in [0.3, 0.4) is 0 Å². The number of rotatable bonds is 6. The molecule has 0 atom stereocenters. The topological polar surface area (TPSA) is 106 Å². The zero-order chi connectivity index (χ0) is 18.5. The molecule has 0 unspecified atom stereocenters. The van der Waals surface area contributed by atoms with Crippen LogP contribution in [0.2, 0.25) is 5.02 Å². The van der Waals surface area contributed by atoms with Crippen molar-refractivity contribution in [3.8, 4) is 0 Å². The van der Waals surface area contributed by atoms with Crippen molar-refractivity contribution in [3.05, 3.63) is 75.2 Å². The van der Waals surface area contributed by atoms with Crippen LogP contribution in [0.1, 0.15) is 11.1 Å². The van der Waals surface area contributed by atoms with Crippen LogP contribution < -0.4 is 10.6 Å². The highest BCUT2D eigenvalue weighted by atomic mass is 35.5. The van der Waals surface area contributed by atoms with E-state index in [0.29, 0.717) is 17.4 Å². The quantitative estimate of drug-likeness (QED) is 0.497. The second kappa shape index (κ2) is 7.75. The van der Waals surface area contributed by atoms with Gasteiger partial charge in [-0.15, -0.1) is 0 Å². The molecule has 0 spiro atoms. The standard InChI is InChI=1S/C17H15ClN6O2/c1-11-2-7-14(19-8-11)23-17-15(24(25)26)16(21-10-22-17)20-9-12-3-5-13(18)6-4-12/h2-8,10H,9H2,1H3,(H2,19,20,21,22,23). The van der Waals surface area contributed by atoms with E-state index < -0.39 is 4.92 Å². The van der Waals surface area contributed by atoms with Crippen molar-refractivity contribution in [1.82, 2.24) is 15.0 Å². The Hall–Kier alpha value is -3.26. The summed E-state index contributed by atoms with van der Waals surface area (Å²) < 4.78 is 0. The van der Waals surface area contributed by atoms with Crippen LogP contribution >= 0.6 is 11.6 Å². The van der Waals surface area contributed by atoms with Gasteiger partial charge in [0, 0.05) is 17.8 Å². The molecule has 1 aromatic carbocycles. The van der Waals surface area contributed by atoms with Gasteiger partial charge in [0.15, 0.2) is 0 Å². The summed E-state index contributed by atoms with van der Waals surface area (Å²) in [5, 5.41) is 18.0. The third-order valence-corrected chi connectivity index (χ3v) is 3.79. The van der Waals surface area contributed by atoms with Crippen molar-refractivity contribution in [2.45, 2.75) is 13.5 Å². The molecule has 0 aliphatic rings. The molecule has 0 amide bonds. The predicted molar refractivity (Wildman–Crippen MR) is 99.7 cm³/mol. The monoisotopic (exact) mass is 370 g/mol. The van der Waals surface area contributed by atoms with Gasteiger partial charge in [-0.05, 0) is 36.2 Å². The average molecular weight is 371 g/mol. The van der Waals surface area contributed by atoms with Crippen LogP contribution in [0.4, 0.5) is 23.1 Å². The Kier molecular flexibility index (Phi) is 5.23. The first-order chi connectivity index (χ1) is 12.5. The SMILES string of the molecule is Cc1ccc(Nc2ncnc(NCc3ccc(Cl)cc3)c2[N+](=O)[O-])nc1. The maximum absolute atomic E-state index is 11.6. The number of aromatic nitrogens is 3. The summed E-state index contributed by atoms with van der Waals surface area (Å²) >= 11 is 5.86. The number of nitrogens with zero attached hydrogens (tertiary/aromatic N) is 4. The van der Waals surface area contributed by atoms with E-state index >= 15 is 0 Å². The summed E-state index contributed by atoms with van der Waals surface area (Å²) in [4.78, 5) is 23.2. The maximum Gasteiger partial charge on any atom is 0.353 e. The number of halogens is 1. The summed E-state index contributed by atoms with van der Waals surface area (Å²) in [7, 11) is 0. The minimum atomic E-state index is -0.527. The number of hydrogen-bond acceptors (Lipinski definition) is 7. The number of nitrogens with one attached hydrogen (secondary N) is 2. The van der Waals surface area contributed by atoms with Crippen molar-refractivity contribution < 1.29 is 4.92 Å². The van der Waals surface area contributed by atoms with Gasteiger partial charge in [-0.2, -0.15) is 0 Å². The zero-order valence-corrected chi connectivity index (χ0v) is 14.6. The lowest BCUT2D eigenvalue weighted by atomic mass is 10.2. The van der Waals surface area contributed by atoms with Crippen LogP contribution in [0.15, 0.2) is 48.9 Å². The highest BCUT2D eigenvalue weighted by molar-refractivity contribution is 6.30. The smallest absolute Gasteiger partial charge is 0.353 e. The van der Waals surface area contributed by atoms with Gasteiger partial charge in [-0.25, -0.2) is 15.0 Å².